The van der Waals surface area contributed by atoms with Crippen molar-refractivity contribution in [1.29, 1.82) is 0 Å². The van der Waals surface area contributed by atoms with Crippen LogP contribution < -0.4 is 19.1 Å². The summed E-state index contributed by atoms with van der Waals surface area (Å²) in [5, 5.41) is 0. The van der Waals surface area contributed by atoms with Gasteiger partial charge in [-0.1, -0.05) is 18.2 Å². The van der Waals surface area contributed by atoms with Crippen molar-refractivity contribution in [3.63, 3.8) is 0 Å². The maximum absolute atomic E-state index is 13.0. The Labute approximate surface area is 187 Å². The molecule has 0 unspecified atom stereocenters. The van der Waals surface area contributed by atoms with Crippen LogP contribution in [0.2, 0.25) is 0 Å². The Morgan fingerprint density at radius 2 is 1.75 bits per heavy atom. The summed E-state index contributed by atoms with van der Waals surface area (Å²) in [4.78, 5) is 24.5. The van der Waals surface area contributed by atoms with Crippen LogP contribution in [0.3, 0.4) is 0 Å². The molecule has 0 spiro atoms. The van der Waals surface area contributed by atoms with Crippen molar-refractivity contribution in [1.82, 2.24) is 9.97 Å². The Kier molecular flexibility index (Phi) is 5.17. The van der Waals surface area contributed by atoms with Gasteiger partial charge < -0.3 is 19.1 Å². The lowest BCUT2D eigenvalue weighted by Gasteiger charge is -2.26. The smallest absolute Gasteiger partial charge is 0.230 e. The molecular weight excluding hydrogens is 406 g/mol. The third-order valence-electron chi connectivity index (χ3n) is 6.31. The predicted octanol–water partition coefficient (Wildman–Crippen LogP) is 4.11. The normalized spacial score (nSPS) is 17.0. The molecule has 7 nitrogen and oxygen atoms in total. The Balaban J connectivity index is 1.50. The number of ketones is 1. The molecule has 0 radical (unpaired) electrons. The molecule has 1 atom stereocenters. The third-order valence-corrected chi connectivity index (χ3v) is 6.31. The number of aromatic nitrogens is 2. The molecule has 0 bridgehead atoms. The number of carbonyl (C=O) groups is 1. The fraction of sp³-hybridized carbons (Fsp3) is 0.320. The lowest BCUT2D eigenvalue weighted by Crippen LogP contribution is -2.23. The summed E-state index contributed by atoms with van der Waals surface area (Å²) in [5.41, 5.74) is 4.79. The number of para-hydroxylation sites is 1. The summed E-state index contributed by atoms with van der Waals surface area (Å²) in [5.74, 6) is 2.37. The maximum Gasteiger partial charge on any atom is 0.230 e. The number of benzene rings is 2. The van der Waals surface area contributed by atoms with Gasteiger partial charge >= 0.3 is 0 Å². The van der Waals surface area contributed by atoms with E-state index in [4.69, 9.17) is 19.2 Å². The molecule has 0 saturated heterocycles. The number of hydrogen-bond donors (Lipinski definition) is 0. The molecule has 1 aliphatic carbocycles. The first-order valence-corrected chi connectivity index (χ1v) is 10.7. The van der Waals surface area contributed by atoms with Crippen molar-refractivity contribution in [2.45, 2.75) is 25.2 Å². The van der Waals surface area contributed by atoms with E-state index < -0.39 is 0 Å². The molecule has 1 aromatic heterocycles. The molecule has 0 saturated carbocycles. The molecule has 0 N–H and O–H groups in total. The molecule has 2 heterocycles. The fourth-order valence-corrected chi connectivity index (χ4v) is 4.68. The van der Waals surface area contributed by atoms with E-state index in [-0.39, 0.29) is 11.7 Å². The molecule has 7 heteroatoms. The van der Waals surface area contributed by atoms with Crippen molar-refractivity contribution in [2.24, 2.45) is 0 Å². The van der Waals surface area contributed by atoms with Crippen LogP contribution in [0, 0.1) is 0 Å². The van der Waals surface area contributed by atoms with Crippen LogP contribution in [-0.2, 0) is 12.8 Å². The van der Waals surface area contributed by atoms with E-state index in [9.17, 15) is 4.79 Å². The van der Waals surface area contributed by atoms with Crippen LogP contribution >= 0.6 is 0 Å². The third kappa shape index (κ3) is 3.34. The Morgan fingerprint density at radius 1 is 1.00 bits per heavy atom. The topological polar surface area (TPSA) is 73.8 Å². The standard InChI is InChI=1S/C25H25N3O4/c1-30-22-12-17(13-23(31-2)24(22)32-3)16-10-19-18(21(29)11-16)14-26-25(27-19)28-9-8-15-6-4-5-7-20(15)28/h4-7,12-14,16H,8-11H2,1-3H3/t16-/m0/s1. The van der Waals surface area contributed by atoms with Gasteiger partial charge in [-0.15, -0.1) is 0 Å². The highest BCUT2D eigenvalue weighted by Crippen LogP contribution is 2.43. The SMILES string of the molecule is COc1cc([C@@H]2CC(=O)c3cnc(N4CCc5ccccc54)nc3C2)cc(OC)c1OC. The van der Waals surface area contributed by atoms with E-state index in [1.54, 1.807) is 27.5 Å². The van der Waals surface area contributed by atoms with Crippen LogP contribution in [0.4, 0.5) is 11.6 Å². The second-order valence-corrected chi connectivity index (χ2v) is 8.05. The molecule has 2 aliphatic rings. The lowest BCUT2D eigenvalue weighted by molar-refractivity contribution is 0.0962. The van der Waals surface area contributed by atoms with Gasteiger partial charge in [0, 0.05) is 24.8 Å². The summed E-state index contributed by atoms with van der Waals surface area (Å²) in [7, 11) is 4.76. The maximum atomic E-state index is 13.0. The van der Waals surface area contributed by atoms with E-state index in [2.05, 4.69) is 28.1 Å². The minimum atomic E-state index is -0.0303. The molecule has 32 heavy (non-hydrogen) atoms. The molecular formula is C25H25N3O4. The molecule has 2 aromatic carbocycles. The van der Waals surface area contributed by atoms with E-state index >= 15 is 0 Å². The quantitative estimate of drug-likeness (QED) is 0.602. The Bertz CT molecular complexity index is 1170. The van der Waals surface area contributed by atoms with Crippen LogP contribution in [-0.4, -0.2) is 43.6 Å². The van der Waals surface area contributed by atoms with E-state index in [0.717, 1.165) is 29.9 Å². The van der Waals surface area contributed by atoms with Gasteiger partial charge in [0.2, 0.25) is 11.7 Å². The van der Waals surface area contributed by atoms with Crippen LogP contribution in [0.5, 0.6) is 17.2 Å². The van der Waals surface area contributed by atoms with Gasteiger partial charge in [0.15, 0.2) is 17.3 Å². The number of nitrogens with zero attached hydrogens (tertiary/aromatic N) is 3. The first kappa shape index (κ1) is 20.3. The summed E-state index contributed by atoms with van der Waals surface area (Å²) in [6, 6.07) is 12.1. The van der Waals surface area contributed by atoms with E-state index in [1.807, 2.05) is 18.2 Å². The van der Waals surface area contributed by atoms with Crippen molar-refractivity contribution in [3.05, 3.63) is 65.0 Å². The van der Waals surface area contributed by atoms with Crippen LogP contribution in [0.15, 0.2) is 42.6 Å². The van der Waals surface area contributed by atoms with E-state index in [1.165, 1.54) is 5.56 Å². The van der Waals surface area contributed by atoms with Gasteiger partial charge in [0.1, 0.15) is 0 Å². The second-order valence-electron chi connectivity index (χ2n) is 8.05. The highest BCUT2D eigenvalue weighted by atomic mass is 16.5. The number of ether oxygens (including phenoxy) is 3. The average Bonchev–Trinajstić information content (AvgIpc) is 3.26. The van der Waals surface area contributed by atoms with Crippen LogP contribution in [0.1, 0.15) is 39.5 Å². The fourth-order valence-electron chi connectivity index (χ4n) is 4.68. The number of anilines is 2. The lowest BCUT2D eigenvalue weighted by atomic mass is 9.82. The first-order valence-electron chi connectivity index (χ1n) is 10.7. The first-order chi connectivity index (χ1) is 15.6. The Hall–Kier alpha value is -3.61. The zero-order chi connectivity index (χ0) is 22.2. The summed E-state index contributed by atoms with van der Waals surface area (Å²) >= 11 is 0. The highest BCUT2D eigenvalue weighted by Gasteiger charge is 2.31. The molecule has 5 rings (SSSR count). The van der Waals surface area contributed by atoms with E-state index in [0.29, 0.717) is 41.6 Å². The van der Waals surface area contributed by atoms with Crippen LogP contribution in [0.25, 0.3) is 0 Å². The summed E-state index contributed by atoms with van der Waals surface area (Å²) in [6.45, 7) is 0.836. The van der Waals surface area contributed by atoms with Crippen molar-refractivity contribution in [2.75, 3.05) is 32.8 Å². The number of hydrogen-bond acceptors (Lipinski definition) is 7. The van der Waals surface area contributed by atoms with Crippen molar-refractivity contribution in [3.8, 4) is 17.2 Å². The largest absolute Gasteiger partial charge is 0.493 e. The number of methoxy groups -OCH3 is 3. The van der Waals surface area contributed by atoms with Gasteiger partial charge in [0.05, 0.1) is 32.6 Å². The molecule has 3 aromatic rings. The summed E-state index contributed by atoms with van der Waals surface area (Å²) < 4.78 is 16.4. The van der Waals surface area contributed by atoms with Crippen molar-refractivity contribution < 1.29 is 19.0 Å². The Morgan fingerprint density at radius 3 is 2.47 bits per heavy atom. The number of Topliss-reactive ketones (excluding diaryl/α,β-unsaturated/α-hetero) is 1. The van der Waals surface area contributed by atoms with Gasteiger partial charge in [-0.05, 0) is 48.1 Å². The molecule has 1 aliphatic heterocycles. The van der Waals surface area contributed by atoms with Crippen molar-refractivity contribution >= 4 is 17.4 Å². The average molecular weight is 431 g/mol. The van der Waals surface area contributed by atoms with Gasteiger partial charge in [-0.25, -0.2) is 9.97 Å². The minimum absolute atomic E-state index is 0.0303. The molecule has 0 fully saturated rings. The number of carbonyl (C=O) groups excluding carboxylic acids is 1. The highest BCUT2D eigenvalue weighted by molar-refractivity contribution is 5.98. The molecule has 0 amide bonds. The van der Waals surface area contributed by atoms with Gasteiger partial charge in [-0.2, -0.15) is 0 Å². The summed E-state index contributed by atoms with van der Waals surface area (Å²) in [6.07, 6.45) is 3.68. The predicted molar refractivity (Wildman–Crippen MR) is 121 cm³/mol. The number of rotatable bonds is 5. The van der Waals surface area contributed by atoms with Gasteiger partial charge in [-0.3, -0.25) is 4.79 Å². The second kappa shape index (κ2) is 8.15. The zero-order valence-corrected chi connectivity index (χ0v) is 18.4. The van der Waals surface area contributed by atoms with Gasteiger partial charge in [0.25, 0.3) is 0 Å². The molecule has 164 valence electrons. The number of fused-ring (bicyclic) bond motifs is 2. The zero-order valence-electron chi connectivity index (χ0n) is 18.4. The minimum Gasteiger partial charge on any atom is -0.493 e. The monoisotopic (exact) mass is 431 g/mol.